The lowest BCUT2D eigenvalue weighted by molar-refractivity contribution is -0.115. The Bertz CT molecular complexity index is 4330. The van der Waals surface area contributed by atoms with Gasteiger partial charge in [-0.1, -0.05) is 49.4 Å². The van der Waals surface area contributed by atoms with E-state index in [1.807, 2.05) is 191 Å². The summed E-state index contributed by atoms with van der Waals surface area (Å²) in [6.07, 6.45) is 11.2. The third-order valence-electron chi connectivity index (χ3n) is 14.8. The molecule has 500 valence electrons. The molecule has 0 aliphatic carbocycles. The molecular formula is C74H89ClN18O3. The zero-order valence-electron chi connectivity index (χ0n) is 57.1. The van der Waals surface area contributed by atoms with Crippen LogP contribution in [0.25, 0.3) is 0 Å². The number of benzene rings is 5. The van der Waals surface area contributed by atoms with E-state index in [0.717, 1.165) is 162 Å². The number of rotatable bonds is 13. The van der Waals surface area contributed by atoms with Crippen LogP contribution >= 0.6 is 11.6 Å². The normalized spacial score (nSPS) is 11.0. The van der Waals surface area contributed by atoms with Gasteiger partial charge in [0.25, 0.3) is 5.91 Å². The van der Waals surface area contributed by atoms with E-state index >= 15 is 0 Å². The van der Waals surface area contributed by atoms with Crippen LogP contribution in [-0.4, -0.2) is 85.6 Å². The van der Waals surface area contributed by atoms with Crippen molar-refractivity contribution in [2.45, 2.75) is 131 Å². The fourth-order valence-electron chi connectivity index (χ4n) is 9.36. The minimum Gasteiger partial charge on any atom is -0.340 e. The molecule has 1 aliphatic heterocycles. The third-order valence-corrected chi connectivity index (χ3v) is 15.3. The minimum absolute atomic E-state index is 0. The molecule has 5 aromatic carbocycles. The molecule has 0 spiro atoms. The Morgan fingerprint density at radius 3 is 1.18 bits per heavy atom. The van der Waals surface area contributed by atoms with Gasteiger partial charge in [-0.25, -0.2) is 49.8 Å². The molecule has 22 heteroatoms. The summed E-state index contributed by atoms with van der Waals surface area (Å²) in [5, 5.41) is 22.8. The van der Waals surface area contributed by atoms with Crippen LogP contribution in [0.2, 0.25) is 5.02 Å². The van der Waals surface area contributed by atoms with Crippen LogP contribution in [0, 0.1) is 96.9 Å². The average molecular weight is 1310 g/mol. The number of halogens is 1. The number of hydrogen-bond acceptors (Lipinski definition) is 18. The fourth-order valence-corrected chi connectivity index (χ4v) is 9.48. The summed E-state index contributed by atoms with van der Waals surface area (Å²) in [4.78, 5) is 79.3. The number of nitrogens with zero attached hydrogens (tertiary/aromatic N) is 11. The van der Waals surface area contributed by atoms with Gasteiger partial charge in [-0.3, -0.25) is 14.4 Å². The van der Waals surface area contributed by atoms with Gasteiger partial charge in [0.05, 0.1) is 0 Å². The maximum Gasteiger partial charge on any atom is 0.253 e. The summed E-state index contributed by atoms with van der Waals surface area (Å²) >= 11 is 5.99. The largest absolute Gasteiger partial charge is 0.340 e. The van der Waals surface area contributed by atoms with E-state index in [4.69, 9.17) is 11.6 Å². The summed E-state index contributed by atoms with van der Waals surface area (Å²) in [5.41, 5.74) is 16.5. The summed E-state index contributed by atoms with van der Waals surface area (Å²) in [7, 11) is 0. The van der Waals surface area contributed by atoms with E-state index in [1.54, 1.807) is 18.6 Å². The number of nitrogens with one attached hydrogen (secondary N) is 7. The van der Waals surface area contributed by atoms with Crippen LogP contribution in [0.4, 0.5) is 68.9 Å². The summed E-state index contributed by atoms with van der Waals surface area (Å²) < 4.78 is 0. The molecule has 3 amide bonds. The molecule has 6 heterocycles. The Hall–Kier alpha value is -10.8. The third kappa shape index (κ3) is 22.5. The molecular weight excluding hydrogens is 1220 g/mol. The highest BCUT2D eigenvalue weighted by molar-refractivity contribution is 6.31. The van der Waals surface area contributed by atoms with Crippen molar-refractivity contribution in [3.05, 3.63) is 224 Å². The first-order valence-corrected chi connectivity index (χ1v) is 31.5. The highest BCUT2D eigenvalue weighted by Gasteiger charge is 2.20. The second-order valence-corrected chi connectivity index (χ2v) is 23.5. The molecule has 10 aromatic rings. The SMILES string of the molecule is C.CC(=O)Nc1cccc(Nc2nc(C)ncc2C)c1.CC(=O)Nc1cccc(Nc2nc(C)ncc2C)c1C.Cc1ncc(C)c(Nc2ccc(Cl)c(C)c2)n1.Cc1ncc(C)c(Nc2cccc(C(=O)N3CCCC3)c2)n1.Cc1ncc(C)c(Nc2cccc(C)c2C)n1. The van der Waals surface area contributed by atoms with Gasteiger partial charge in [-0.15, -0.1) is 0 Å². The second kappa shape index (κ2) is 35.5. The molecule has 0 saturated carbocycles. The number of anilines is 12. The fraction of sp³-hybridized carbons (Fsp3) is 0.284. The molecule has 0 radical (unpaired) electrons. The Morgan fingerprint density at radius 2 is 0.740 bits per heavy atom. The molecule has 0 bridgehead atoms. The molecule has 0 atom stereocenters. The molecule has 21 nitrogen and oxygen atoms in total. The molecule has 96 heavy (non-hydrogen) atoms. The molecule has 7 N–H and O–H groups in total. The minimum atomic E-state index is -0.0915. The highest BCUT2D eigenvalue weighted by Crippen LogP contribution is 2.29. The van der Waals surface area contributed by atoms with Crippen molar-refractivity contribution in [1.82, 2.24) is 54.7 Å². The van der Waals surface area contributed by atoms with Gasteiger partial charge in [0.15, 0.2) is 0 Å². The number of amides is 3. The number of hydrogen-bond donors (Lipinski definition) is 7. The molecule has 1 fully saturated rings. The molecule has 1 saturated heterocycles. The van der Waals surface area contributed by atoms with Crippen molar-refractivity contribution in [3.63, 3.8) is 0 Å². The predicted molar refractivity (Wildman–Crippen MR) is 391 cm³/mol. The van der Waals surface area contributed by atoms with Crippen LogP contribution in [-0.2, 0) is 9.59 Å². The number of likely N-dealkylation sites (tertiary alicyclic amines) is 1. The van der Waals surface area contributed by atoms with E-state index in [2.05, 4.69) is 113 Å². The monoisotopic (exact) mass is 1310 g/mol. The first-order chi connectivity index (χ1) is 45.3. The zero-order valence-corrected chi connectivity index (χ0v) is 57.8. The van der Waals surface area contributed by atoms with Gasteiger partial charge in [-0.05, 0) is 205 Å². The molecule has 1 aliphatic rings. The van der Waals surface area contributed by atoms with Gasteiger partial charge in [0, 0.05) is 136 Å². The van der Waals surface area contributed by atoms with E-state index in [-0.39, 0.29) is 25.1 Å². The molecule has 5 aromatic heterocycles. The van der Waals surface area contributed by atoms with Crippen molar-refractivity contribution >= 4 is 98.2 Å². The van der Waals surface area contributed by atoms with Gasteiger partial charge in [0.2, 0.25) is 11.8 Å². The van der Waals surface area contributed by atoms with Crippen LogP contribution in [0.1, 0.15) is 124 Å². The maximum absolute atomic E-state index is 12.4. The Balaban J connectivity index is 0.000000190. The Kier molecular flexibility index (Phi) is 27.4. The van der Waals surface area contributed by atoms with E-state index in [0.29, 0.717) is 11.6 Å². The number of aromatic nitrogens is 10. The van der Waals surface area contributed by atoms with E-state index in [1.165, 1.54) is 25.0 Å². The lowest BCUT2D eigenvalue weighted by Crippen LogP contribution is -2.27. The second-order valence-electron chi connectivity index (χ2n) is 23.1. The van der Waals surface area contributed by atoms with Crippen molar-refractivity contribution in [2.24, 2.45) is 0 Å². The first kappa shape index (κ1) is 74.2. The number of carbonyl (C=O) groups is 3. The summed E-state index contributed by atoms with van der Waals surface area (Å²) in [6, 6.07) is 32.8. The van der Waals surface area contributed by atoms with E-state index in [9.17, 15) is 14.4 Å². The zero-order chi connectivity index (χ0) is 68.9. The smallest absolute Gasteiger partial charge is 0.253 e. The lowest BCUT2D eigenvalue weighted by Gasteiger charge is -2.16. The first-order valence-electron chi connectivity index (χ1n) is 31.1. The van der Waals surface area contributed by atoms with Crippen molar-refractivity contribution in [3.8, 4) is 0 Å². The standard InChI is InChI=1S/C17H20N4O.C15H18N4O.C14H16N4O.C14H17N3.C13H14ClN3.CH4/c1-12-11-18-13(2)19-16(12)20-15-7-5-6-14(10-15)17(22)21-8-3-4-9-21;1-9-8-16-11(3)17-15(9)19-14-7-5-6-13(10(14)2)18-12(4)20;1-9-8-15-10(2)16-14(9)18-13-6-4-5-12(7-13)17-11(3)19;1-9-6-5-7-13(11(9)3)17-14-10(2)8-15-12(4)16-14;1-8-6-11(4-5-12(8)14)17-13-9(2)7-15-10(3)16-13;/h5-7,10-11H,3-4,8-9H2,1-2H3,(H,18,19,20);5-8H,1-4H3,(H,18,20)(H,16,17,19);4-8H,1-3H3,(H,17,19)(H,15,16,18);5-8H,1-4H3,(H,15,16,17);4-7H,1-3H3,(H,15,16,17);1H4. The molecule has 0 unspecified atom stereocenters. The molecule has 11 rings (SSSR count). The van der Waals surface area contributed by atoms with Gasteiger partial charge in [0.1, 0.15) is 58.2 Å². The number of carbonyl (C=O) groups excluding carboxylic acids is 3. The van der Waals surface area contributed by atoms with Gasteiger partial charge >= 0.3 is 0 Å². The maximum atomic E-state index is 12.4. The van der Waals surface area contributed by atoms with Crippen LogP contribution in [0.3, 0.4) is 0 Å². The highest BCUT2D eigenvalue weighted by atomic mass is 35.5. The van der Waals surface area contributed by atoms with Gasteiger partial charge in [-0.2, -0.15) is 0 Å². The van der Waals surface area contributed by atoms with E-state index < -0.39 is 0 Å². The number of aryl methyl sites for hydroxylation is 12. The average Bonchev–Trinajstić information content (AvgIpc) is 1.02. The van der Waals surface area contributed by atoms with Crippen LogP contribution < -0.4 is 37.2 Å². The lowest BCUT2D eigenvalue weighted by atomic mass is 10.1. The van der Waals surface area contributed by atoms with Gasteiger partial charge < -0.3 is 42.1 Å². The quantitative estimate of drug-likeness (QED) is 0.0565. The Labute approximate surface area is 569 Å². The van der Waals surface area contributed by atoms with Crippen LogP contribution in [0.15, 0.2) is 134 Å². The van der Waals surface area contributed by atoms with Crippen molar-refractivity contribution in [1.29, 1.82) is 0 Å². The van der Waals surface area contributed by atoms with Crippen molar-refractivity contribution in [2.75, 3.05) is 50.3 Å². The predicted octanol–water partition coefficient (Wildman–Crippen LogP) is 16.9. The Morgan fingerprint density at radius 1 is 0.375 bits per heavy atom. The topological polar surface area (TPSA) is 268 Å². The summed E-state index contributed by atoms with van der Waals surface area (Å²) in [6.45, 7) is 32.0. The van der Waals surface area contributed by atoms with Crippen molar-refractivity contribution < 1.29 is 14.4 Å². The summed E-state index contributed by atoms with van der Waals surface area (Å²) in [5.74, 6) is 7.66. The van der Waals surface area contributed by atoms with Crippen LogP contribution in [0.5, 0.6) is 0 Å².